The van der Waals surface area contributed by atoms with Crippen LogP contribution in [-0.2, 0) is 0 Å². The van der Waals surface area contributed by atoms with E-state index >= 15 is 0 Å². The van der Waals surface area contributed by atoms with Crippen molar-refractivity contribution in [3.8, 4) is 0 Å². The molecule has 0 spiro atoms. The maximum absolute atomic E-state index is 6.02. The summed E-state index contributed by atoms with van der Waals surface area (Å²) in [6, 6.07) is 5.55. The molecule has 4 nitrogen and oxygen atoms in total. The zero-order chi connectivity index (χ0) is 12.4. The molecule has 1 aromatic carbocycles. The van der Waals surface area contributed by atoms with E-state index in [0.717, 1.165) is 11.3 Å². The molecule has 1 aromatic heterocycles. The van der Waals surface area contributed by atoms with Crippen LogP contribution in [-0.4, -0.2) is 9.97 Å². The summed E-state index contributed by atoms with van der Waals surface area (Å²) in [4.78, 5) is 7.80. The Morgan fingerprint density at radius 1 is 1.29 bits per heavy atom. The molecular weight excluding hydrogens is 259 g/mol. The van der Waals surface area contributed by atoms with Gasteiger partial charge in [-0.05, 0) is 36.2 Å². The number of hydrogen-bond donors (Lipinski definition) is 2. The Morgan fingerprint density at radius 2 is 2.06 bits per heavy atom. The van der Waals surface area contributed by atoms with E-state index in [-0.39, 0.29) is 5.28 Å². The van der Waals surface area contributed by atoms with Crippen molar-refractivity contribution < 1.29 is 0 Å². The number of rotatable bonds is 2. The van der Waals surface area contributed by atoms with Crippen molar-refractivity contribution >= 4 is 40.4 Å². The molecule has 0 atom stereocenters. The highest BCUT2D eigenvalue weighted by Crippen LogP contribution is 2.27. The Bertz CT molecular complexity index is 557. The predicted molar refractivity (Wildman–Crippen MR) is 70.9 cm³/mol. The van der Waals surface area contributed by atoms with E-state index in [1.165, 1.54) is 6.20 Å². The van der Waals surface area contributed by atoms with E-state index < -0.39 is 0 Å². The summed E-state index contributed by atoms with van der Waals surface area (Å²) in [6.45, 7) is 1.91. The van der Waals surface area contributed by atoms with Crippen LogP contribution in [0.5, 0.6) is 0 Å². The average molecular weight is 269 g/mol. The number of nitrogens with one attached hydrogen (secondary N) is 1. The van der Waals surface area contributed by atoms with E-state index in [1.807, 2.05) is 25.1 Å². The number of hydrogen-bond acceptors (Lipinski definition) is 4. The molecule has 0 aliphatic rings. The summed E-state index contributed by atoms with van der Waals surface area (Å²) in [5, 5.41) is 3.89. The Morgan fingerprint density at radius 3 is 2.82 bits per heavy atom. The summed E-state index contributed by atoms with van der Waals surface area (Å²) < 4.78 is 0. The van der Waals surface area contributed by atoms with Gasteiger partial charge in [0.15, 0.2) is 5.82 Å². The van der Waals surface area contributed by atoms with Crippen molar-refractivity contribution in [1.29, 1.82) is 0 Å². The van der Waals surface area contributed by atoms with Gasteiger partial charge in [-0.1, -0.05) is 17.7 Å². The zero-order valence-corrected chi connectivity index (χ0v) is 10.5. The summed E-state index contributed by atoms with van der Waals surface area (Å²) >= 11 is 11.7. The molecule has 0 fully saturated rings. The van der Waals surface area contributed by atoms with Gasteiger partial charge in [0.2, 0.25) is 5.28 Å². The highest BCUT2D eigenvalue weighted by molar-refractivity contribution is 6.31. The van der Waals surface area contributed by atoms with E-state index in [2.05, 4.69) is 15.3 Å². The summed E-state index contributed by atoms with van der Waals surface area (Å²) in [6.07, 6.45) is 1.46. The third-order valence-electron chi connectivity index (χ3n) is 2.31. The lowest BCUT2D eigenvalue weighted by atomic mass is 10.2. The van der Waals surface area contributed by atoms with Gasteiger partial charge in [0.05, 0.1) is 11.9 Å². The SMILES string of the molecule is Cc1c(Cl)cccc1Nc1nc(Cl)ncc1N. The summed E-state index contributed by atoms with van der Waals surface area (Å²) in [7, 11) is 0. The van der Waals surface area contributed by atoms with Crippen LogP contribution in [0.4, 0.5) is 17.2 Å². The number of anilines is 3. The highest BCUT2D eigenvalue weighted by Gasteiger charge is 2.06. The molecule has 0 saturated carbocycles. The molecule has 6 heteroatoms. The molecule has 17 heavy (non-hydrogen) atoms. The number of aromatic nitrogens is 2. The molecule has 0 saturated heterocycles. The first kappa shape index (κ1) is 12.0. The molecule has 1 heterocycles. The van der Waals surface area contributed by atoms with Gasteiger partial charge in [-0.3, -0.25) is 0 Å². The fraction of sp³-hybridized carbons (Fsp3) is 0.0909. The molecule has 2 rings (SSSR count). The topological polar surface area (TPSA) is 63.8 Å². The minimum Gasteiger partial charge on any atom is -0.394 e. The summed E-state index contributed by atoms with van der Waals surface area (Å²) in [5.74, 6) is 0.468. The Labute approximate surface area is 109 Å². The number of nitrogens with two attached hydrogens (primary N) is 1. The first-order valence-electron chi connectivity index (χ1n) is 4.88. The monoisotopic (exact) mass is 268 g/mol. The quantitative estimate of drug-likeness (QED) is 0.820. The smallest absolute Gasteiger partial charge is 0.224 e. The van der Waals surface area contributed by atoms with Crippen LogP contribution < -0.4 is 11.1 Å². The number of halogens is 2. The second-order valence-corrected chi connectivity index (χ2v) is 4.23. The van der Waals surface area contributed by atoms with Gasteiger partial charge in [-0.15, -0.1) is 0 Å². The van der Waals surface area contributed by atoms with E-state index in [1.54, 1.807) is 0 Å². The van der Waals surface area contributed by atoms with Gasteiger partial charge in [0, 0.05) is 10.7 Å². The maximum Gasteiger partial charge on any atom is 0.224 e. The molecule has 0 aliphatic heterocycles. The van der Waals surface area contributed by atoms with Crippen molar-refractivity contribution in [2.45, 2.75) is 6.92 Å². The van der Waals surface area contributed by atoms with Crippen molar-refractivity contribution in [3.05, 3.63) is 40.3 Å². The van der Waals surface area contributed by atoms with Gasteiger partial charge in [0.1, 0.15) is 0 Å². The van der Waals surface area contributed by atoms with Crippen LogP contribution in [0.25, 0.3) is 0 Å². The molecule has 88 valence electrons. The van der Waals surface area contributed by atoms with Gasteiger partial charge in [0.25, 0.3) is 0 Å². The number of benzene rings is 1. The van der Waals surface area contributed by atoms with Gasteiger partial charge < -0.3 is 11.1 Å². The molecule has 0 bridgehead atoms. The van der Waals surface area contributed by atoms with E-state index in [4.69, 9.17) is 28.9 Å². The van der Waals surface area contributed by atoms with Crippen molar-refractivity contribution in [1.82, 2.24) is 9.97 Å². The van der Waals surface area contributed by atoms with Crippen molar-refractivity contribution in [2.75, 3.05) is 11.1 Å². The Balaban J connectivity index is 2.38. The van der Waals surface area contributed by atoms with Crippen LogP contribution in [0.3, 0.4) is 0 Å². The molecule has 0 aliphatic carbocycles. The zero-order valence-electron chi connectivity index (χ0n) is 9.04. The second kappa shape index (κ2) is 4.77. The van der Waals surface area contributed by atoms with E-state index in [0.29, 0.717) is 16.5 Å². The lowest BCUT2D eigenvalue weighted by Crippen LogP contribution is -2.01. The minimum absolute atomic E-state index is 0.140. The standard InChI is InChI=1S/C11H10Cl2N4/c1-6-7(12)3-2-4-9(6)16-10-8(14)5-15-11(13)17-10/h2-5H,14H2,1H3,(H,15,16,17). The Hall–Kier alpha value is -1.52. The molecule has 3 N–H and O–H groups in total. The van der Waals surface area contributed by atoms with Crippen molar-refractivity contribution in [2.24, 2.45) is 0 Å². The predicted octanol–water partition coefficient (Wildman–Crippen LogP) is 3.42. The normalized spacial score (nSPS) is 10.3. The third-order valence-corrected chi connectivity index (χ3v) is 2.90. The van der Waals surface area contributed by atoms with Gasteiger partial charge in [-0.25, -0.2) is 4.98 Å². The lowest BCUT2D eigenvalue weighted by Gasteiger charge is -2.11. The summed E-state index contributed by atoms with van der Waals surface area (Å²) in [5.41, 5.74) is 7.92. The maximum atomic E-state index is 6.02. The first-order valence-corrected chi connectivity index (χ1v) is 5.63. The molecular formula is C11H10Cl2N4. The number of nitrogen functional groups attached to an aromatic ring is 1. The molecule has 2 aromatic rings. The van der Waals surface area contributed by atoms with Gasteiger partial charge >= 0.3 is 0 Å². The van der Waals surface area contributed by atoms with E-state index in [9.17, 15) is 0 Å². The molecule has 0 amide bonds. The molecule has 0 radical (unpaired) electrons. The highest BCUT2D eigenvalue weighted by atomic mass is 35.5. The fourth-order valence-corrected chi connectivity index (χ4v) is 1.65. The Kier molecular flexibility index (Phi) is 3.36. The minimum atomic E-state index is 0.140. The lowest BCUT2D eigenvalue weighted by molar-refractivity contribution is 1.17. The first-order chi connectivity index (χ1) is 8.08. The average Bonchev–Trinajstić information content (AvgIpc) is 2.30. The van der Waals surface area contributed by atoms with Gasteiger partial charge in [-0.2, -0.15) is 4.98 Å². The van der Waals surface area contributed by atoms with Crippen molar-refractivity contribution in [3.63, 3.8) is 0 Å². The second-order valence-electron chi connectivity index (χ2n) is 3.48. The van der Waals surface area contributed by atoms with Crippen LogP contribution in [0.1, 0.15) is 5.56 Å². The number of nitrogens with zero attached hydrogens (tertiary/aromatic N) is 2. The fourth-order valence-electron chi connectivity index (χ4n) is 1.34. The van der Waals surface area contributed by atoms with Crippen LogP contribution in [0.15, 0.2) is 24.4 Å². The largest absolute Gasteiger partial charge is 0.394 e. The van der Waals surface area contributed by atoms with Crippen LogP contribution >= 0.6 is 23.2 Å². The van der Waals surface area contributed by atoms with Crippen LogP contribution in [0.2, 0.25) is 10.3 Å². The van der Waals surface area contributed by atoms with Crippen LogP contribution in [0, 0.1) is 6.92 Å². The molecule has 0 unspecified atom stereocenters. The third kappa shape index (κ3) is 2.60.